The molecule has 1 aliphatic rings. The Hall–Kier alpha value is -2.43. The number of amides is 3. The van der Waals surface area contributed by atoms with Crippen molar-refractivity contribution < 1.29 is 23.4 Å². The number of hydrogen-bond donors (Lipinski definition) is 4. The standard InChI is InChI=1S/C16H18BrN7O2.ClH/c17-12-8-20-15(23-14(12)19-6-2-5-18)22-10-3-1-4-11(7-10)24-13(25)9-21-16(24)26;/h1,3-4,7-8H,2,5-6,9,18H2,(H,21,26)(H2,19,20,22,23);1H. The summed E-state index contributed by atoms with van der Waals surface area (Å²) in [6.45, 7) is 1.30. The van der Waals surface area contributed by atoms with Gasteiger partial charge in [-0.25, -0.2) is 14.7 Å². The molecule has 1 saturated heterocycles. The van der Waals surface area contributed by atoms with E-state index in [1.54, 1.807) is 30.5 Å². The third-order valence-corrected chi connectivity index (χ3v) is 4.20. The van der Waals surface area contributed by atoms with Crippen molar-refractivity contribution >= 4 is 51.0 Å². The highest BCUT2D eigenvalue weighted by molar-refractivity contribution is 9.10. The maximum absolute atomic E-state index is 11.8. The van der Waals surface area contributed by atoms with Crippen molar-refractivity contribution in [3.8, 4) is 0 Å². The Balaban J connectivity index is 0.00000196. The second-order valence-corrected chi connectivity index (χ2v) is 6.38. The van der Waals surface area contributed by atoms with Gasteiger partial charge in [-0.15, -0.1) is 0 Å². The molecule has 144 valence electrons. The number of nitrogens with two attached hydrogens (primary N) is 1. The lowest BCUT2D eigenvalue weighted by Crippen LogP contribution is -3.00. The van der Waals surface area contributed by atoms with Crippen LogP contribution in [-0.4, -0.2) is 41.5 Å². The normalized spacial score (nSPS) is 13.2. The topological polar surface area (TPSA) is 125 Å². The SMILES string of the molecule is NCCCNc1nc(Nc2cccc(N3C(=O)CNC3=O)c2)ncc1Br.[Cl-].[H+]. The molecule has 1 aromatic carbocycles. The Morgan fingerprint density at radius 1 is 1.37 bits per heavy atom. The number of carbonyl (C=O) groups excluding carboxylic acids is 2. The fourth-order valence-corrected chi connectivity index (χ4v) is 2.73. The van der Waals surface area contributed by atoms with Crippen LogP contribution >= 0.6 is 15.9 Å². The van der Waals surface area contributed by atoms with Gasteiger partial charge in [-0.2, -0.15) is 4.98 Å². The Labute approximate surface area is 172 Å². The van der Waals surface area contributed by atoms with Gasteiger partial charge in [-0.3, -0.25) is 4.79 Å². The Bertz CT molecular complexity index is 826. The first-order chi connectivity index (χ1) is 12.6. The predicted molar refractivity (Wildman–Crippen MR) is 104 cm³/mol. The monoisotopic (exact) mass is 455 g/mol. The molecular weight excluding hydrogens is 438 g/mol. The van der Waals surface area contributed by atoms with E-state index < -0.39 is 6.03 Å². The Kier molecular flexibility index (Phi) is 7.34. The maximum Gasteiger partial charge on any atom is 1.00 e. The second kappa shape index (κ2) is 9.49. The highest BCUT2D eigenvalue weighted by Gasteiger charge is 2.29. The molecule has 0 radical (unpaired) electrons. The van der Waals surface area contributed by atoms with Crippen LogP contribution in [0.15, 0.2) is 34.9 Å². The number of imide groups is 1. The van der Waals surface area contributed by atoms with Gasteiger partial charge in [0.2, 0.25) is 5.95 Å². The number of halogens is 2. The number of benzene rings is 1. The number of rotatable bonds is 7. The van der Waals surface area contributed by atoms with Gasteiger partial charge in [0.15, 0.2) is 0 Å². The molecule has 3 rings (SSSR count). The fourth-order valence-electron chi connectivity index (χ4n) is 2.40. The van der Waals surface area contributed by atoms with Gasteiger partial charge >= 0.3 is 7.46 Å². The molecule has 2 aromatic rings. The van der Waals surface area contributed by atoms with Crippen LogP contribution < -0.4 is 39.0 Å². The molecule has 3 amide bonds. The predicted octanol–water partition coefficient (Wildman–Crippen LogP) is -1.08. The zero-order chi connectivity index (χ0) is 18.5. The molecular formula is C16H19BrClN7O2. The fraction of sp³-hybridized carbons (Fsp3) is 0.250. The van der Waals surface area contributed by atoms with Crippen LogP contribution in [-0.2, 0) is 4.79 Å². The number of nitrogens with one attached hydrogen (secondary N) is 3. The molecule has 0 bridgehead atoms. The summed E-state index contributed by atoms with van der Waals surface area (Å²) in [7, 11) is 0. The van der Waals surface area contributed by atoms with Crippen LogP contribution in [0.1, 0.15) is 7.85 Å². The minimum Gasteiger partial charge on any atom is -1.00 e. The van der Waals surface area contributed by atoms with Crippen molar-refractivity contribution in [3.63, 3.8) is 0 Å². The minimum absolute atomic E-state index is 0. The summed E-state index contributed by atoms with van der Waals surface area (Å²) in [6, 6.07) is 6.50. The molecule has 1 aromatic heterocycles. The molecule has 5 N–H and O–H groups in total. The third kappa shape index (κ3) is 5.06. The molecule has 0 aliphatic carbocycles. The summed E-state index contributed by atoms with van der Waals surface area (Å²) in [6.07, 6.45) is 2.47. The Morgan fingerprint density at radius 2 is 2.19 bits per heavy atom. The zero-order valence-electron chi connectivity index (χ0n) is 15.2. The van der Waals surface area contributed by atoms with E-state index in [4.69, 9.17) is 5.73 Å². The lowest BCUT2D eigenvalue weighted by Gasteiger charge is -2.14. The first-order valence-electron chi connectivity index (χ1n) is 8.03. The number of urea groups is 1. The maximum atomic E-state index is 11.8. The Morgan fingerprint density at radius 3 is 2.89 bits per heavy atom. The summed E-state index contributed by atoms with van der Waals surface area (Å²) in [5, 5.41) is 8.76. The number of nitrogens with zero attached hydrogens (tertiary/aromatic N) is 3. The van der Waals surface area contributed by atoms with E-state index in [0.717, 1.165) is 15.8 Å². The van der Waals surface area contributed by atoms with Crippen molar-refractivity contribution in [3.05, 3.63) is 34.9 Å². The highest BCUT2D eigenvalue weighted by Crippen LogP contribution is 2.25. The van der Waals surface area contributed by atoms with Crippen LogP contribution in [0.5, 0.6) is 0 Å². The van der Waals surface area contributed by atoms with Crippen molar-refractivity contribution in [2.45, 2.75) is 6.42 Å². The van der Waals surface area contributed by atoms with Gasteiger partial charge in [-0.05, 0) is 47.1 Å². The molecule has 0 spiro atoms. The summed E-state index contributed by atoms with van der Waals surface area (Å²) in [5.41, 5.74) is 6.63. The highest BCUT2D eigenvalue weighted by atomic mass is 79.9. The largest absolute Gasteiger partial charge is 1.00 e. The average molecular weight is 457 g/mol. The van der Waals surface area contributed by atoms with Gasteiger partial charge in [-0.1, -0.05) is 6.07 Å². The third-order valence-electron chi connectivity index (χ3n) is 3.62. The van der Waals surface area contributed by atoms with E-state index in [1.165, 1.54) is 0 Å². The van der Waals surface area contributed by atoms with Crippen molar-refractivity contribution in [1.29, 1.82) is 0 Å². The van der Waals surface area contributed by atoms with Crippen LogP contribution in [0.4, 0.5) is 27.9 Å². The van der Waals surface area contributed by atoms with E-state index in [0.29, 0.717) is 36.2 Å². The summed E-state index contributed by atoms with van der Waals surface area (Å²) < 4.78 is 0.744. The first-order valence-corrected chi connectivity index (χ1v) is 8.82. The second-order valence-electron chi connectivity index (χ2n) is 5.52. The van der Waals surface area contributed by atoms with E-state index in [2.05, 4.69) is 41.8 Å². The molecule has 0 atom stereocenters. The van der Waals surface area contributed by atoms with E-state index in [1.807, 2.05) is 0 Å². The first kappa shape index (κ1) is 20.9. The minimum atomic E-state index is -0.432. The molecule has 1 fully saturated rings. The number of carbonyl (C=O) groups is 2. The summed E-state index contributed by atoms with van der Waals surface area (Å²) in [5.74, 6) is 0.748. The van der Waals surface area contributed by atoms with Crippen molar-refractivity contribution in [2.24, 2.45) is 5.73 Å². The van der Waals surface area contributed by atoms with Crippen LogP contribution in [0, 0.1) is 0 Å². The van der Waals surface area contributed by atoms with Gasteiger partial charge in [0.1, 0.15) is 5.82 Å². The molecule has 1 aliphatic heterocycles. The number of anilines is 4. The van der Waals surface area contributed by atoms with Gasteiger partial charge in [0.25, 0.3) is 5.91 Å². The average Bonchev–Trinajstić information content (AvgIpc) is 2.96. The quantitative estimate of drug-likeness (QED) is 0.308. The molecule has 11 heteroatoms. The molecule has 0 saturated carbocycles. The zero-order valence-corrected chi connectivity index (χ0v) is 16.5. The summed E-state index contributed by atoms with van der Waals surface area (Å²) in [4.78, 5) is 33.4. The van der Waals surface area contributed by atoms with Crippen LogP contribution in [0.2, 0.25) is 0 Å². The van der Waals surface area contributed by atoms with Gasteiger partial charge < -0.3 is 34.1 Å². The number of aromatic nitrogens is 2. The molecule has 27 heavy (non-hydrogen) atoms. The summed E-state index contributed by atoms with van der Waals surface area (Å²) >= 11 is 3.40. The lowest BCUT2D eigenvalue weighted by molar-refractivity contribution is -0.115. The van der Waals surface area contributed by atoms with Crippen LogP contribution in [0.25, 0.3) is 0 Å². The van der Waals surface area contributed by atoms with Gasteiger partial charge in [0.05, 0.1) is 16.7 Å². The van der Waals surface area contributed by atoms with Crippen molar-refractivity contribution in [1.82, 2.24) is 15.3 Å². The smallest absolute Gasteiger partial charge is 1.00 e. The van der Waals surface area contributed by atoms with Crippen molar-refractivity contribution in [2.75, 3.05) is 35.2 Å². The van der Waals surface area contributed by atoms with E-state index in [9.17, 15) is 9.59 Å². The van der Waals surface area contributed by atoms with E-state index >= 15 is 0 Å². The van der Waals surface area contributed by atoms with Gasteiger partial charge in [0, 0.05) is 18.4 Å². The molecule has 9 nitrogen and oxygen atoms in total. The van der Waals surface area contributed by atoms with E-state index in [-0.39, 0.29) is 26.3 Å². The number of hydrogen-bond acceptors (Lipinski definition) is 7. The van der Waals surface area contributed by atoms with Crippen LogP contribution in [0.3, 0.4) is 0 Å². The lowest BCUT2D eigenvalue weighted by atomic mass is 10.2. The molecule has 2 heterocycles. The molecule has 0 unspecified atom stereocenters.